The summed E-state index contributed by atoms with van der Waals surface area (Å²) in [5.74, 6) is -0.391. The zero-order valence-corrected chi connectivity index (χ0v) is 7.64. The van der Waals surface area contributed by atoms with Crippen LogP contribution in [0.5, 0.6) is 0 Å². The highest BCUT2D eigenvalue weighted by Crippen LogP contribution is 2.11. The van der Waals surface area contributed by atoms with Gasteiger partial charge in [0.2, 0.25) is 5.91 Å². The molecule has 70 valence electrons. The van der Waals surface area contributed by atoms with Crippen molar-refractivity contribution in [1.29, 1.82) is 0 Å². The number of carbonyl (C=O) groups excluding carboxylic acids is 1. The summed E-state index contributed by atoms with van der Waals surface area (Å²) in [6.07, 6.45) is 0. The third kappa shape index (κ3) is 3.03. The van der Waals surface area contributed by atoms with E-state index in [0.717, 1.165) is 0 Å². The number of carbonyl (C=O) groups is 1. The zero-order chi connectivity index (χ0) is 9.68. The number of alkyl halides is 2. The first kappa shape index (κ1) is 9.99. The highest BCUT2D eigenvalue weighted by Gasteiger charge is 2.00. The monoisotopic (exact) mass is 201 g/mol. The Morgan fingerprint density at radius 3 is 2.92 bits per heavy atom. The molecular weight excluding hydrogens is 193 g/mol. The molecule has 0 bridgehead atoms. The standard InChI is InChI=1S/C9H9ClFNO/c10-5-9(13)12-8-3-1-2-7(4-8)6-11/h1-4H,5-6H2,(H,12,13). The first-order valence-corrected chi connectivity index (χ1v) is 4.30. The van der Waals surface area contributed by atoms with E-state index >= 15 is 0 Å². The minimum atomic E-state index is -0.537. The van der Waals surface area contributed by atoms with Crippen molar-refractivity contribution in [2.24, 2.45) is 0 Å². The lowest BCUT2D eigenvalue weighted by atomic mass is 10.2. The molecule has 0 saturated heterocycles. The fourth-order valence-corrected chi connectivity index (χ4v) is 0.993. The molecule has 1 aromatic rings. The van der Waals surface area contributed by atoms with Gasteiger partial charge in [-0.25, -0.2) is 4.39 Å². The van der Waals surface area contributed by atoms with Gasteiger partial charge >= 0.3 is 0 Å². The molecule has 0 radical (unpaired) electrons. The average Bonchev–Trinajstić information content (AvgIpc) is 2.18. The summed E-state index contributed by atoms with van der Waals surface area (Å²) in [4.78, 5) is 10.8. The molecule has 1 aromatic carbocycles. The summed E-state index contributed by atoms with van der Waals surface area (Å²) in [6, 6.07) is 6.59. The van der Waals surface area contributed by atoms with Crippen molar-refractivity contribution >= 4 is 23.2 Å². The van der Waals surface area contributed by atoms with Crippen molar-refractivity contribution < 1.29 is 9.18 Å². The van der Waals surface area contributed by atoms with E-state index in [1.165, 1.54) is 0 Å². The second kappa shape index (κ2) is 4.82. The number of anilines is 1. The largest absolute Gasteiger partial charge is 0.325 e. The molecule has 0 saturated carbocycles. The highest BCUT2D eigenvalue weighted by molar-refractivity contribution is 6.29. The number of benzene rings is 1. The first-order chi connectivity index (χ1) is 6.26. The lowest BCUT2D eigenvalue weighted by Crippen LogP contribution is -2.12. The van der Waals surface area contributed by atoms with E-state index in [1.807, 2.05) is 0 Å². The Labute approximate surface area is 80.7 Å². The van der Waals surface area contributed by atoms with E-state index in [-0.39, 0.29) is 11.8 Å². The van der Waals surface area contributed by atoms with Crippen LogP contribution in [0.3, 0.4) is 0 Å². The second-order valence-electron chi connectivity index (χ2n) is 2.52. The smallest absolute Gasteiger partial charge is 0.239 e. The van der Waals surface area contributed by atoms with Crippen molar-refractivity contribution in [1.82, 2.24) is 0 Å². The van der Waals surface area contributed by atoms with Crippen molar-refractivity contribution in [3.8, 4) is 0 Å². The van der Waals surface area contributed by atoms with E-state index in [0.29, 0.717) is 11.3 Å². The van der Waals surface area contributed by atoms with Crippen molar-refractivity contribution in [2.45, 2.75) is 6.67 Å². The van der Waals surface area contributed by atoms with E-state index < -0.39 is 6.67 Å². The highest BCUT2D eigenvalue weighted by atomic mass is 35.5. The van der Waals surface area contributed by atoms with Gasteiger partial charge in [-0.3, -0.25) is 4.79 Å². The van der Waals surface area contributed by atoms with Crippen LogP contribution in [0.1, 0.15) is 5.56 Å². The third-order valence-electron chi connectivity index (χ3n) is 1.49. The number of hydrogen-bond donors (Lipinski definition) is 1. The Bertz CT molecular complexity index is 303. The van der Waals surface area contributed by atoms with Crippen LogP contribution in [-0.4, -0.2) is 11.8 Å². The van der Waals surface area contributed by atoms with Crippen LogP contribution in [0.25, 0.3) is 0 Å². The first-order valence-electron chi connectivity index (χ1n) is 3.77. The third-order valence-corrected chi connectivity index (χ3v) is 1.73. The molecule has 0 heterocycles. The zero-order valence-electron chi connectivity index (χ0n) is 6.89. The van der Waals surface area contributed by atoms with Gasteiger partial charge in [-0.15, -0.1) is 11.6 Å². The molecule has 13 heavy (non-hydrogen) atoms. The fourth-order valence-electron chi connectivity index (χ4n) is 0.927. The normalized spacial score (nSPS) is 9.69. The van der Waals surface area contributed by atoms with Gasteiger partial charge in [0, 0.05) is 5.69 Å². The van der Waals surface area contributed by atoms with Gasteiger partial charge in [0.25, 0.3) is 0 Å². The maximum Gasteiger partial charge on any atom is 0.239 e. The minimum Gasteiger partial charge on any atom is -0.325 e. The Balaban J connectivity index is 2.71. The number of amides is 1. The minimum absolute atomic E-state index is 0.0974. The van der Waals surface area contributed by atoms with Crippen LogP contribution >= 0.6 is 11.6 Å². The van der Waals surface area contributed by atoms with Crippen LogP contribution in [0.15, 0.2) is 24.3 Å². The quantitative estimate of drug-likeness (QED) is 0.748. The summed E-state index contributed by atoms with van der Waals surface area (Å²) >= 11 is 5.29. The second-order valence-corrected chi connectivity index (χ2v) is 2.78. The maximum absolute atomic E-state index is 12.2. The SMILES string of the molecule is O=C(CCl)Nc1cccc(CF)c1. The predicted molar refractivity (Wildman–Crippen MR) is 50.6 cm³/mol. The summed E-state index contributed by atoms with van der Waals surface area (Å²) in [7, 11) is 0. The van der Waals surface area contributed by atoms with E-state index in [4.69, 9.17) is 11.6 Å². The molecule has 0 atom stereocenters. The van der Waals surface area contributed by atoms with E-state index in [9.17, 15) is 9.18 Å². The number of nitrogens with one attached hydrogen (secondary N) is 1. The molecule has 0 aliphatic rings. The lowest BCUT2D eigenvalue weighted by Gasteiger charge is -2.03. The van der Waals surface area contributed by atoms with Crippen LogP contribution in [0.4, 0.5) is 10.1 Å². The molecule has 0 aromatic heterocycles. The molecule has 0 unspecified atom stereocenters. The van der Waals surface area contributed by atoms with Crippen LogP contribution < -0.4 is 5.32 Å². The van der Waals surface area contributed by atoms with Gasteiger partial charge in [-0.05, 0) is 17.7 Å². The molecule has 1 amide bonds. The van der Waals surface area contributed by atoms with Gasteiger partial charge in [0.05, 0.1) is 0 Å². The molecule has 0 aliphatic carbocycles. The van der Waals surface area contributed by atoms with Gasteiger partial charge in [0.1, 0.15) is 12.6 Å². The molecule has 4 heteroatoms. The van der Waals surface area contributed by atoms with Crippen LogP contribution in [0.2, 0.25) is 0 Å². The number of rotatable bonds is 3. The average molecular weight is 202 g/mol. The maximum atomic E-state index is 12.2. The molecule has 0 aliphatic heterocycles. The van der Waals surface area contributed by atoms with Crippen molar-refractivity contribution in [3.63, 3.8) is 0 Å². The fraction of sp³-hybridized carbons (Fsp3) is 0.222. The van der Waals surface area contributed by atoms with Crippen LogP contribution in [0, 0.1) is 0 Å². The molecular formula is C9H9ClFNO. The van der Waals surface area contributed by atoms with Gasteiger partial charge in [0.15, 0.2) is 0 Å². The van der Waals surface area contributed by atoms with Crippen LogP contribution in [-0.2, 0) is 11.5 Å². The van der Waals surface area contributed by atoms with Crippen molar-refractivity contribution in [3.05, 3.63) is 29.8 Å². The summed E-state index contributed by atoms with van der Waals surface area (Å²) in [6.45, 7) is -0.537. The van der Waals surface area contributed by atoms with Gasteiger partial charge < -0.3 is 5.32 Å². The molecule has 1 N–H and O–H groups in total. The summed E-state index contributed by atoms with van der Waals surface area (Å²) in [5, 5.41) is 2.53. The Morgan fingerprint density at radius 1 is 1.54 bits per heavy atom. The summed E-state index contributed by atoms with van der Waals surface area (Å²) < 4.78 is 12.2. The predicted octanol–water partition coefficient (Wildman–Crippen LogP) is 2.33. The summed E-state index contributed by atoms with van der Waals surface area (Å²) in [5.41, 5.74) is 1.10. The van der Waals surface area contributed by atoms with E-state index in [2.05, 4.69) is 5.32 Å². The topological polar surface area (TPSA) is 29.1 Å². The Kier molecular flexibility index (Phi) is 3.71. The Hall–Kier alpha value is -1.09. The molecule has 0 fully saturated rings. The van der Waals surface area contributed by atoms with Gasteiger partial charge in [-0.1, -0.05) is 12.1 Å². The van der Waals surface area contributed by atoms with Crippen molar-refractivity contribution in [2.75, 3.05) is 11.2 Å². The Morgan fingerprint density at radius 2 is 2.31 bits per heavy atom. The van der Waals surface area contributed by atoms with E-state index in [1.54, 1.807) is 24.3 Å². The van der Waals surface area contributed by atoms with Gasteiger partial charge in [-0.2, -0.15) is 0 Å². The number of halogens is 2. The lowest BCUT2D eigenvalue weighted by molar-refractivity contribution is -0.113. The molecule has 1 rings (SSSR count). The number of hydrogen-bond acceptors (Lipinski definition) is 1. The molecule has 2 nitrogen and oxygen atoms in total. The molecule has 0 spiro atoms.